The van der Waals surface area contributed by atoms with E-state index >= 15 is 0 Å². The third kappa shape index (κ3) is 5.57. The average molecular weight is 288 g/mol. The highest BCUT2D eigenvalue weighted by atomic mass is 35.5. The first-order valence-electron chi connectivity index (χ1n) is 6.38. The molecule has 1 rings (SSSR count). The van der Waals surface area contributed by atoms with Gasteiger partial charge in [0.15, 0.2) is 0 Å². The van der Waals surface area contributed by atoms with Crippen LogP contribution in [0.5, 0.6) is 0 Å². The Morgan fingerprint density at radius 1 is 1.42 bits per heavy atom. The van der Waals surface area contributed by atoms with E-state index in [2.05, 4.69) is 0 Å². The number of esters is 1. The molecule has 0 radical (unpaired) electrons. The van der Waals surface area contributed by atoms with E-state index in [1.165, 1.54) is 6.07 Å². The molecule has 0 bridgehead atoms. The molecule has 0 aliphatic rings. The topological polar surface area (TPSA) is 29.5 Å². The summed E-state index contributed by atoms with van der Waals surface area (Å²) in [5.74, 6) is -0.679. The Balaban J connectivity index is 2.66. The monoisotopic (exact) mass is 287 g/mol. The number of carbonyl (C=O) groups excluding carboxylic acids is 1. The smallest absolute Gasteiger partial charge is 0.320 e. The highest BCUT2D eigenvalue weighted by Gasteiger charge is 2.12. The number of hydrogen-bond donors (Lipinski definition) is 0. The van der Waals surface area contributed by atoms with Crippen LogP contribution in [0.1, 0.15) is 25.8 Å². The van der Waals surface area contributed by atoms with Gasteiger partial charge in [0.05, 0.1) is 18.2 Å². The summed E-state index contributed by atoms with van der Waals surface area (Å²) in [6.07, 6.45) is 0.925. The van der Waals surface area contributed by atoms with Crippen molar-refractivity contribution in [2.24, 2.45) is 0 Å². The molecule has 0 saturated heterocycles. The van der Waals surface area contributed by atoms with E-state index in [4.69, 9.17) is 16.3 Å². The minimum absolute atomic E-state index is 0.102. The molecule has 0 heterocycles. The second-order valence-corrected chi connectivity index (χ2v) is 4.67. The number of nitrogens with zero attached hydrogens (tertiary/aromatic N) is 1. The van der Waals surface area contributed by atoms with E-state index in [1.807, 2.05) is 11.8 Å². The van der Waals surface area contributed by atoms with E-state index in [9.17, 15) is 9.18 Å². The molecular formula is C14H19ClFNO2. The first-order chi connectivity index (χ1) is 9.06. The van der Waals surface area contributed by atoms with Crippen LogP contribution >= 0.6 is 11.6 Å². The lowest BCUT2D eigenvalue weighted by Gasteiger charge is -2.20. The van der Waals surface area contributed by atoms with Crippen LogP contribution in [0.25, 0.3) is 0 Å². The molecule has 1 aromatic carbocycles. The van der Waals surface area contributed by atoms with Crippen LogP contribution in [0.2, 0.25) is 5.02 Å². The molecule has 106 valence electrons. The van der Waals surface area contributed by atoms with Crippen LogP contribution in [0, 0.1) is 5.82 Å². The zero-order chi connectivity index (χ0) is 14.3. The maximum atomic E-state index is 13.1. The standard InChI is InChI=1S/C14H19ClFNO2/c1-3-7-17(10-14(18)19-4-2)9-11-5-6-13(16)12(15)8-11/h5-6,8H,3-4,7,9-10H2,1-2H3. The number of rotatable bonds is 7. The normalized spacial score (nSPS) is 10.8. The fourth-order valence-electron chi connectivity index (χ4n) is 1.82. The van der Waals surface area contributed by atoms with E-state index in [1.54, 1.807) is 19.1 Å². The predicted molar refractivity (Wildman–Crippen MR) is 73.6 cm³/mol. The van der Waals surface area contributed by atoms with Crippen LogP contribution in [0.3, 0.4) is 0 Å². The molecule has 0 unspecified atom stereocenters. The van der Waals surface area contributed by atoms with E-state index in [0.717, 1.165) is 18.5 Å². The number of benzene rings is 1. The summed E-state index contributed by atoms with van der Waals surface area (Å²) >= 11 is 5.74. The number of ether oxygens (including phenoxy) is 1. The van der Waals surface area contributed by atoms with Crippen molar-refractivity contribution in [3.8, 4) is 0 Å². The maximum absolute atomic E-state index is 13.1. The van der Waals surface area contributed by atoms with Gasteiger partial charge in [-0.05, 0) is 37.6 Å². The van der Waals surface area contributed by atoms with Gasteiger partial charge in [0.25, 0.3) is 0 Å². The zero-order valence-electron chi connectivity index (χ0n) is 11.3. The van der Waals surface area contributed by atoms with Crippen LogP contribution in [-0.4, -0.2) is 30.6 Å². The Kier molecular flexibility index (Phi) is 6.81. The summed E-state index contributed by atoms with van der Waals surface area (Å²) in [7, 11) is 0. The third-order valence-electron chi connectivity index (χ3n) is 2.59. The second kappa shape index (κ2) is 8.12. The van der Waals surface area contributed by atoms with Gasteiger partial charge in [0.1, 0.15) is 5.82 Å². The molecule has 0 spiro atoms. The molecule has 0 aromatic heterocycles. The third-order valence-corrected chi connectivity index (χ3v) is 2.88. The fourth-order valence-corrected chi connectivity index (χ4v) is 2.02. The molecule has 3 nitrogen and oxygen atoms in total. The van der Waals surface area contributed by atoms with Gasteiger partial charge in [0.2, 0.25) is 0 Å². The Bertz CT molecular complexity index is 426. The highest BCUT2D eigenvalue weighted by Crippen LogP contribution is 2.17. The van der Waals surface area contributed by atoms with E-state index < -0.39 is 5.82 Å². The van der Waals surface area contributed by atoms with Crippen LogP contribution in [0.15, 0.2) is 18.2 Å². The van der Waals surface area contributed by atoms with Gasteiger partial charge >= 0.3 is 5.97 Å². The van der Waals surface area contributed by atoms with E-state index in [0.29, 0.717) is 13.2 Å². The first kappa shape index (κ1) is 15.9. The van der Waals surface area contributed by atoms with Crippen molar-refractivity contribution in [3.63, 3.8) is 0 Å². The van der Waals surface area contributed by atoms with Crippen molar-refractivity contribution in [1.29, 1.82) is 0 Å². The molecule has 0 aliphatic heterocycles. The van der Waals surface area contributed by atoms with Crippen molar-refractivity contribution in [2.75, 3.05) is 19.7 Å². The van der Waals surface area contributed by atoms with Gasteiger partial charge in [0, 0.05) is 6.54 Å². The molecule has 1 aromatic rings. The molecule has 0 saturated carbocycles. The molecular weight excluding hydrogens is 269 g/mol. The van der Waals surface area contributed by atoms with Gasteiger partial charge < -0.3 is 4.74 Å². The molecule has 0 atom stereocenters. The molecule has 19 heavy (non-hydrogen) atoms. The summed E-state index contributed by atoms with van der Waals surface area (Å²) in [6.45, 7) is 5.75. The minimum atomic E-state index is -0.433. The predicted octanol–water partition coefficient (Wildman–Crippen LogP) is 3.25. The number of halogens is 2. The van der Waals surface area contributed by atoms with Gasteiger partial charge in [-0.2, -0.15) is 0 Å². The SMILES string of the molecule is CCCN(CC(=O)OCC)Cc1ccc(F)c(Cl)c1. The van der Waals surface area contributed by atoms with Crippen molar-refractivity contribution in [1.82, 2.24) is 4.90 Å². The summed E-state index contributed by atoms with van der Waals surface area (Å²) < 4.78 is 18.0. The Morgan fingerprint density at radius 2 is 2.16 bits per heavy atom. The maximum Gasteiger partial charge on any atom is 0.320 e. The Labute approximate surface area is 118 Å². The molecule has 5 heteroatoms. The largest absolute Gasteiger partial charge is 0.465 e. The zero-order valence-corrected chi connectivity index (χ0v) is 12.0. The highest BCUT2D eigenvalue weighted by molar-refractivity contribution is 6.30. The average Bonchev–Trinajstić information content (AvgIpc) is 2.34. The fraction of sp³-hybridized carbons (Fsp3) is 0.500. The molecule has 0 aliphatic carbocycles. The lowest BCUT2D eigenvalue weighted by atomic mass is 10.2. The lowest BCUT2D eigenvalue weighted by Crippen LogP contribution is -2.31. The van der Waals surface area contributed by atoms with Gasteiger partial charge in [-0.15, -0.1) is 0 Å². The van der Waals surface area contributed by atoms with Crippen LogP contribution in [0.4, 0.5) is 4.39 Å². The van der Waals surface area contributed by atoms with Gasteiger partial charge in [-0.1, -0.05) is 24.6 Å². The van der Waals surface area contributed by atoms with Gasteiger partial charge in [-0.3, -0.25) is 9.69 Å². The van der Waals surface area contributed by atoms with Crippen LogP contribution < -0.4 is 0 Å². The molecule has 0 fully saturated rings. The second-order valence-electron chi connectivity index (χ2n) is 4.26. The van der Waals surface area contributed by atoms with Crippen molar-refractivity contribution >= 4 is 17.6 Å². The number of hydrogen-bond acceptors (Lipinski definition) is 3. The first-order valence-corrected chi connectivity index (χ1v) is 6.76. The van der Waals surface area contributed by atoms with E-state index in [-0.39, 0.29) is 17.5 Å². The van der Waals surface area contributed by atoms with Crippen molar-refractivity contribution in [3.05, 3.63) is 34.6 Å². The summed E-state index contributed by atoms with van der Waals surface area (Å²) in [6, 6.07) is 4.60. The molecule has 0 N–H and O–H groups in total. The molecule has 0 amide bonds. The van der Waals surface area contributed by atoms with Crippen LogP contribution in [-0.2, 0) is 16.1 Å². The summed E-state index contributed by atoms with van der Waals surface area (Å²) in [5.41, 5.74) is 0.879. The number of carbonyl (C=O) groups is 1. The Morgan fingerprint density at radius 3 is 2.74 bits per heavy atom. The lowest BCUT2D eigenvalue weighted by molar-refractivity contribution is -0.144. The summed E-state index contributed by atoms with van der Waals surface area (Å²) in [4.78, 5) is 13.4. The van der Waals surface area contributed by atoms with Gasteiger partial charge in [-0.25, -0.2) is 4.39 Å². The minimum Gasteiger partial charge on any atom is -0.465 e. The van der Waals surface area contributed by atoms with Crippen molar-refractivity contribution in [2.45, 2.75) is 26.8 Å². The summed E-state index contributed by atoms with van der Waals surface area (Å²) in [5, 5.41) is 0.102. The Hall–Kier alpha value is -1.13. The van der Waals surface area contributed by atoms with Crippen molar-refractivity contribution < 1.29 is 13.9 Å². The quantitative estimate of drug-likeness (QED) is 0.721.